The van der Waals surface area contributed by atoms with Crippen LogP contribution in [0.1, 0.15) is 76.4 Å². The maximum atomic E-state index is 13.7. The van der Waals surface area contributed by atoms with Crippen molar-refractivity contribution in [1.29, 1.82) is 0 Å². The summed E-state index contributed by atoms with van der Waals surface area (Å²) < 4.78 is 16.9. The van der Waals surface area contributed by atoms with E-state index in [1.54, 1.807) is 0 Å². The molecule has 0 bridgehead atoms. The number of piperidine rings is 1. The maximum Gasteiger partial charge on any atom is 0.406 e. The lowest BCUT2D eigenvalue weighted by atomic mass is 9.82. The number of hydrogen-bond donors (Lipinski definition) is 3. The fourth-order valence-electron chi connectivity index (χ4n) is 6.67. The van der Waals surface area contributed by atoms with Crippen LogP contribution < -0.4 is 10.6 Å². The molecule has 4 rings (SSSR count). The van der Waals surface area contributed by atoms with E-state index in [2.05, 4.69) is 22.3 Å². The molecule has 0 spiro atoms. The number of nitrogens with zero attached hydrogens (tertiary/aromatic N) is 1. The highest BCUT2D eigenvalue weighted by Gasteiger charge is 2.38. The summed E-state index contributed by atoms with van der Waals surface area (Å²) in [5, 5.41) is 17.9. The molecule has 0 radical (unpaired) electrons. The molecule has 1 aliphatic carbocycles. The summed E-state index contributed by atoms with van der Waals surface area (Å²) in [4.78, 5) is 27.0. The first-order chi connectivity index (χ1) is 19.8. The molecule has 1 aromatic rings. The van der Waals surface area contributed by atoms with Gasteiger partial charge in [-0.25, -0.2) is 9.59 Å². The lowest BCUT2D eigenvalue weighted by Crippen LogP contribution is -2.55. The molecule has 3 N–H and O–H groups in total. The van der Waals surface area contributed by atoms with Crippen LogP contribution in [0.4, 0.5) is 9.59 Å². The molecule has 41 heavy (non-hydrogen) atoms. The van der Waals surface area contributed by atoms with Crippen molar-refractivity contribution in [2.45, 2.75) is 89.1 Å². The van der Waals surface area contributed by atoms with Crippen LogP contribution in [0.3, 0.4) is 0 Å². The third-order valence-electron chi connectivity index (χ3n) is 8.85. The van der Waals surface area contributed by atoms with E-state index in [4.69, 9.17) is 21.1 Å². The number of aliphatic hydroxyl groups excluding tert-OH is 1. The van der Waals surface area contributed by atoms with Crippen LogP contribution >= 0.6 is 11.6 Å². The third kappa shape index (κ3) is 9.46. The summed E-state index contributed by atoms with van der Waals surface area (Å²) in [7, 11) is 1.33. The fraction of sp³-hybridized carbons (Fsp3) is 0.742. The average molecular weight is 594 g/mol. The van der Waals surface area contributed by atoms with Gasteiger partial charge in [-0.15, -0.1) is 0 Å². The van der Waals surface area contributed by atoms with Gasteiger partial charge in [-0.3, -0.25) is 0 Å². The molecule has 6 atom stereocenters. The number of carbonyl (C=O) groups excluding carboxylic acids is 2. The van der Waals surface area contributed by atoms with Crippen LogP contribution in [0, 0.1) is 17.8 Å². The number of amides is 3. The average Bonchev–Trinajstić information content (AvgIpc) is 3.43. The van der Waals surface area contributed by atoms with Crippen molar-refractivity contribution in [1.82, 2.24) is 15.5 Å². The molecule has 3 fully saturated rings. The van der Waals surface area contributed by atoms with Gasteiger partial charge in [-0.2, -0.15) is 0 Å². The highest BCUT2D eigenvalue weighted by Crippen LogP contribution is 2.35. The van der Waals surface area contributed by atoms with Crippen LogP contribution in [0.15, 0.2) is 24.3 Å². The van der Waals surface area contributed by atoms with E-state index in [0.29, 0.717) is 49.7 Å². The Bertz CT molecular complexity index is 977. The molecule has 230 valence electrons. The zero-order valence-corrected chi connectivity index (χ0v) is 25.3. The predicted molar refractivity (Wildman–Crippen MR) is 158 cm³/mol. The Morgan fingerprint density at radius 3 is 2.71 bits per heavy atom. The zero-order valence-electron chi connectivity index (χ0n) is 24.6. The van der Waals surface area contributed by atoms with Crippen LogP contribution in [-0.4, -0.2) is 80.3 Å². The number of benzene rings is 1. The number of aliphatic hydroxyl groups is 1. The SMILES string of the molecule is COC(=O)NCCOC(c1cccc(Cl)c1)C1CCCN(C(=O)N[C@@H](CC2CCCCC2)[C@@H](O)[C@@H]2C[C@H](C)CO2)C1. The van der Waals surface area contributed by atoms with Gasteiger partial charge in [0.1, 0.15) is 6.10 Å². The first-order valence-electron chi connectivity index (χ1n) is 15.4. The Kier molecular flexibility index (Phi) is 12.4. The van der Waals surface area contributed by atoms with E-state index >= 15 is 0 Å². The van der Waals surface area contributed by atoms with Gasteiger partial charge in [0, 0.05) is 37.2 Å². The predicted octanol–water partition coefficient (Wildman–Crippen LogP) is 5.30. The molecule has 2 aliphatic heterocycles. The Labute approximate surface area is 249 Å². The number of nitrogens with one attached hydrogen (secondary N) is 2. The van der Waals surface area contributed by atoms with Crippen LogP contribution in [-0.2, 0) is 14.2 Å². The van der Waals surface area contributed by atoms with Crippen molar-refractivity contribution in [3.8, 4) is 0 Å². The molecular weight excluding hydrogens is 546 g/mol. The number of rotatable bonds is 11. The molecular formula is C31H48ClN3O6. The lowest BCUT2D eigenvalue weighted by molar-refractivity contribution is -0.0264. The second kappa shape index (κ2) is 16.0. The molecule has 3 aliphatic rings. The minimum Gasteiger partial charge on any atom is -0.453 e. The Hall–Kier alpha value is -2.07. The molecule has 2 heterocycles. The summed E-state index contributed by atoms with van der Waals surface area (Å²) in [5.41, 5.74) is 0.945. The van der Waals surface area contributed by atoms with Crippen molar-refractivity contribution in [2.75, 3.05) is 40.0 Å². The van der Waals surface area contributed by atoms with E-state index in [9.17, 15) is 14.7 Å². The molecule has 1 aromatic carbocycles. The number of urea groups is 1. The highest BCUT2D eigenvalue weighted by molar-refractivity contribution is 6.30. The van der Waals surface area contributed by atoms with Crippen molar-refractivity contribution in [2.24, 2.45) is 17.8 Å². The van der Waals surface area contributed by atoms with Crippen molar-refractivity contribution < 1.29 is 28.9 Å². The van der Waals surface area contributed by atoms with E-state index in [1.165, 1.54) is 26.4 Å². The van der Waals surface area contributed by atoms with Gasteiger partial charge >= 0.3 is 12.1 Å². The van der Waals surface area contributed by atoms with Crippen molar-refractivity contribution in [3.63, 3.8) is 0 Å². The quantitative estimate of drug-likeness (QED) is 0.300. The number of carbonyl (C=O) groups is 2. The smallest absolute Gasteiger partial charge is 0.406 e. The molecule has 2 unspecified atom stereocenters. The first-order valence-corrected chi connectivity index (χ1v) is 15.8. The van der Waals surface area contributed by atoms with E-state index in [-0.39, 0.29) is 30.2 Å². The zero-order chi connectivity index (χ0) is 29.2. The number of ether oxygens (including phenoxy) is 3. The Morgan fingerprint density at radius 2 is 2.00 bits per heavy atom. The summed E-state index contributed by atoms with van der Waals surface area (Å²) in [6, 6.07) is 7.13. The number of likely N-dealkylation sites (tertiary alicyclic amines) is 1. The van der Waals surface area contributed by atoms with Crippen LogP contribution in [0.5, 0.6) is 0 Å². The Balaban J connectivity index is 1.42. The van der Waals surface area contributed by atoms with E-state index < -0.39 is 12.2 Å². The summed E-state index contributed by atoms with van der Waals surface area (Å²) in [5.74, 6) is 0.970. The van der Waals surface area contributed by atoms with Crippen LogP contribution in [0.25, 0.3) is 0 Å². The number of alkyl carbamates (subject to hydrolysis) is 1. The highest BCUT2D eigenvalue weighted by atomic mass is 35.5. The van der Waals surface area contributed by atoms with Gasteiger partial charge in [0.25, 0.3) is 0 Å². The van der Waals surface area contributed by atoms with Gasteiger partial charge in [-0.1, -0.05) is 62.8 Å². The largest absolute Gasteiger partial charge is 0.453 e. The molecule has 10 heteroatoms. The lowest BCUT2D eigenvalue weighted by Gasteiger charge is -2.39. The van der Waals surface area contributed by atoms with E-state index in [0.717, 1.165) is 44.1 Å². The summed E-state index contributed by atoms with van der Waals surface area (Å²) in [6.45, 7) is 4.57. The van der Waals surface area contributed by atoms with E-state index in [1.807, 2.05) is 29.2 Å². The van der Waals surface area contributed by atoms with Crippen molar-refractivity contribution >= 4 is 23.7 Å². The summed E-state index contributed by atoms with van der Waals surface area (Å²) >= 11 is 6.32. The van der Waals surface area contributed by atoms with Gasteiger partial charge in [0.2, 0.25) is 0 Å². The molecule has 3 amide bonds. The van der Waals surface area contributed by atoms with Gasteiger partial charge in [0.15, 0.2) is 0 Å². The normalized spacial score (nSPS) is 25.8. The number of hydrogen-bond acceptors (Lipinski definition) is 6. The second-order valence-electron chi connectivity index (χ2n) is 12.1. The second-order valence-corrected chi connectivity index (χ2v) is 12.5. The third-order valence-corrected chi connectivity index (χ3v) is 9.08. The molecule has 0 aromatic heterocycles. The number of methoxy groups -OCH3 is 1. The minimum atomic E-state index is -0.726. The standard InChI is InChI=1S/C31H48ClN3O6/c1-21-16-27(41-20-21)28(36)26(17-22-8-4-3-5-9-22)34-30(37)35-14-7-11-24(19-35)29(23-10-6-12-25(32)18-23)40-15-13-33-31(38)39-2/h6,10,12,18,21-22,24,26-29,36H,3-5,7-9,11,13-17,19-20H2,1-2H3,(H,33,38)(H,34,37)/t21-,24?,26-,27-,28+,29?/m0/s1. The minimum absolute atomic E-state index is 0.0480. The molecule has 9 nitrogen and oxygen atoms in total. The molecule has 2 saturated heterocycles. The van der Waals surface area contributed by atoms with Gasteiger partial charge < -0.3 is 34.9 Å². The van der Waals surface area contributed by atoms with Crippen LogP contribution in [0.2, 0.25) is 5.02 Å². The van der Waals surface area contributed by atoms with Gasteiger partial charge in [0.05, 0.1) is 32.0 Å². The van der Waals surface area contributed by atoms with Crippen molar-refractivity contribution in [3.05, 3.63) is 34.9 Å². The first kappa shape index (κ1) is 31.9. The molecule has 1 saturated carbocycles. The summed E-state index contributed by atoms with van der Waals surface area (Å²) in [6.07, 6.45) is 7.56. The number of halogens is 1. The maximum absolute atomic E-state index is 13.7. The monoisotopic (exact) mass is 593 g/mol. The fourth-order valence-corrected chi connectivity index (χ4v) is 6.87. The topological polar surface area (TPSA) is 109 Å². The van der Waals surface area contributed by atoms with Gasteiger partial charge in [-0.05, 0) is 55.2 Å². The Morgan fingerprint density at radius 1 is 1.20 bits per heavy atom.